The molecular formula is C13H22ClN3O. The third kappa shape index (κ3) is 5.21. The summed E-state index contributed by atoms with van der Waals surface area (Å²) in [5, 5.41) is 13.6. The minimum atomic E-state index is -0.722. The van der Waals surface area contributed by atoms with Gasteiger partial charge in [0.2, 0.25) is 0 Å². The molecule has 1 aromatic heterocycles. The maximum atomic E-state index is 9.77. The first-order chi connectivity index (χ1) is 8.31. The Morgan fingerprint density at radius 1 is 1.44 bits per heavy atom. The molecule has 0 aliphatic rings. The van der Waals surface area contributed by atoms with Gasteiger partial charge < -0.3 is 10.4 Å². The van der Waals surface area contributed by atoms with E-state index in [4.69, 9.17) is 11.6 Å². The quantitative estimate of drug-likeness (QED) is 0.834. The van der Waals surface area contributed by atoms with Gasteiger partial charge in [-0.15, -0.1) is 0 Å². The van der Waals surface area contributed by atoms with Crippen molar-refractivity contribution in [3.05, 3.63) is 22.8 Å². The Hall–Kier alpha value is -0.840. The number of pyridine rings is 1. The van der Waals surface area contributed by atoms with Gasteiger partial charge in [0.15, 0.2) is 0 Å². The molecule has 4 nitrogen and oxygen atoms in total. The van der Waals surface area contributed by atoms with Crippen LogP contribution in [-0.2, 0) is 6.54 Å². The third-order valence-electron chi connectivity index (χ3n) is 2.35. The zero-order valence-corrected chi connectivity index (χ0v) is 12.3. The number of anilines is 1. The largest absolute Gasteiger partial charge is 0.389 e. The van der Waals surface area contributed by atoms with Crippen LogP contribution in [0.4, 0.5) is 5.82 Å². The monoisotopic (exact) mass is 271 g/mol. The summed E-state index contributed by atoms with van der Waals surface area (Å²) >= 11 is 6.13. The highest BCUT2D eigenvalue weighted by molar-refractivity contribution is 6.31. The molecule has 2 N–H and O–H groups in total. The van der Waals surface area contributed by atoms with Crippen LogP contribution in [0.2, 0.25) is 5.02 Å². The summed E-state index contributed by atoms with van der Waals surface area (Å²) in [5.74, 6) is 0.827. The number of hydrogen-bond acceptors (Lipinski definition) is 4. The predicted octanol–water partition coefficient (Wildman–Crippen LogP) is 2.37. The van der Waals surface area contributed by atoms with Gasteiger partial charge in [0.1, 0.15) is 5.82 Å². The van der Waals surface area contributed by atoms with Gasteiger partial charge in [0, 0.05) is 19.6 Å². The molecule has 102 valence electrons. The van der Waals surface area contributed by atoms with Gasteiger partial charge in [-0.25, -0.2) is 4.98 Å². The Labute approximate surface area is 114 Å². The first-order valence-electron chi connectivity index (χ1n) is 6.12. The molecule has 5 heteroatoms. The molecule has 1 rings (SSSR count). The van der Waals surface area contributed by atoms with Gasteiger partial charge >= 0.3 is 0 Å². The Kier molecular flexibility index (Phi) is 5.38. The molecule has 1 aromatic rings. The second-order valence-electron chi connectivity index (χ2n) is 5.14. The molecule has 0 unspecified atom stereocenters. The number of hydrogen-bond donors (Lipinski definition) is 2. The van der Waals surface area contributed by atoms with Crippen LogP contribution in [0.1, 0.15) is 26.5 Å². The van der Waals surface area contributed by atoms with Crippen molar-refractivity contribution in [1.29, 1.82) is 0 Å². The maximum Gasteiger partial charge on any atom is 0.126 e. The van der Waals surface area contributed by atoms with E-state index in [1.807, 2.05) is 31.0 Å². The summed E-state index contributed by atoms with van der Waals surface area (Å²) in [6.45, 7) is 7.60. The summed E-state index contributed by atoms with van der Waals surface area (Å²) in [4.78, 5) is 6.47. The lowest BCUT2D eigenvalue weighted by Gasteiger charge is -2.25. The molecule has 0 fully saturated rings. The van der Waals surface area contributed by atoms with E-state index in [1.54, 1.807) is 13.8 Å². The zero-order valence-electron chi connectivity index (χ0n) is 11.5. The molecule has 0 aliphatic carbocycles. The highest BCUT2D eigenvalue weighted by Crippen LogP contribution is 2.18. The molecule has 0 atom stereocenters. The number of nitrogens with zero attached hydrogens (tertiary/aromatic N) is 2. The Bertz CT molecular complexity index is 390. The van der Waals surface area contributed by atoms with E-state index in [2.05, 4.69) is 10.3 Å². The fourth-order valence-corrected chi connectivity index (χ4v) is 2.01. The number of aromatic nitrogens is 1. The van der Waals surface area contributed by atoms with Gasteiger partial charge in [-0.1, -0.05) is 11.6 Å². The highest BCUT2D eigenvalue weighted by Gasteiger charge is 2.17. The molecule has 1 heterocycles. The molecule has 0 aliphatic heterocycles. The van der Waals surface area contributed by atoms with E-state index in [-0.39, 0.29) is 0 Å². The topological polar surface area (TPSA) is 48.4 Å². The lowest BCUT2D eigenvalue weighted by Crippen LogP contribution is -2.36. The van der Waals surface area contributed by atoms with Crippen molar-refractivity contribution >= 4 is 17.4 Å². The molecule has 0 aromatic carbocycles. The van der Waals surface area contributed by atoms with Crippen LogP contribution in [0.3, 0.4) is 0 Å². The molecule has 0 spiro atoms. The van der Waals surface area contributed by atoms with Crippen LogP contribution < -0.4 is 5.32 Å². The minimum Gasteiger partial charge on any atom is -0.389 e. The zero-order chi connectivity index (χ0) is 13.8. The summed E-state index contributed by atoms with van der Waals surface area (Å²) in [6, 6.07) is 3.71. The number of rotatable bonds is 6. The van der Waals surface area contributed by atoms with Crippen molar-refractivity contribution in [1.82, 2.24) is 9.88 Å². The van der Waals surface area contributed by atoms with Crippen LogP contribution in [0.25, 0.3) is 0 Å². The van der Waals surface area contributed by atoms with Gasteiger partial charge in [0.05, 0.1) is 16.3 Å². The average Bonchev–Trinajstić information content (AvgIpc) is 2.20. The van der Waals surface area contributed by atoms with Crippen molar-refractivity contribution in [3.8, 4) is 0 Å². The maximum absolute atomic E-state index is 9.77. The molecule has 0 bridgehead atoms. The van der Waals surface area contributed by atoms with Crippen molar-refractivity contribution in [2.45, 2.75) is 32.9 Å². The predicted molar refractivity (Wildman–Crippen MR) is 76.0 cm³/mol. The van der Waals surface area contributed by atoms with E-state index in [0.29, 0.717) is 18.1 Å². The molecule has 0 saturated heterocycles. The fourth-order valence-electron chi connectivity index (χ4n) is 1.85. The molecule has 0 amide bonds. The van der Waals surface area contributed by atoms with Gasteiger partial charge in [-0.3, -0.25) is 4.90 Å². The second kappa shape index (κ2) is 6.36. The molecule has 18 heavy (non-hydrogen) atoms. The van der Waals surface area contributed by atoms with Gasteiger partial charge in [0.25, 0.3) is 0 Å². The van der Waals surface area contributed by atoms with Crippen LogP contribution in [0.5, 0.6) is 0 Å². The van der Waals surface area contributed by atoms with Crippen molar-refractivity contribution in [2.24, 2.45) is 0 Å². The Morgan fingerprint density at radius 2 is 2.11 bits per heavy atom. The third-order valence-corrected chi connectivity index (χ3v) is 2.70. The summed E-state index contributed by atoms with van der Waals surface area (Å²) in [6.07, 6.45) is 0. The van der Waals surface area contributed by atoms with Gasteiger partial charge in [-0.2, -0.15) is 0 Å². The number of likely N-dealkylation sites (N-methyl/N-ethyl adjacent to an activating group) is 1. The lowest BCUT2D eigenvalue weighted by molar-refractivity contribution is 0.0422. The van der Waals surface area contributed by atoms with E-state index < -0.39 is 5.60 Å². The average molecular weight is 272 g/mol. The summed E-state index contributed by atoms with van der Waals surface area (Å²) in [5.41, 5.74) is 0.0995. The van der Waals surface area contributed by atoms with Crippen molar-refractivity contribution in [3.63, 3.8) is 0 Å². The normalized spacial score (nSPS) is 11.9. The molecular weight excluding hydrogens is 250 g/mol. The van der Waals surface area contributed by atoms with E-state index in [1.165, 1.54) is 0 Å². The van der Waals surface area contributed by atoms with Gasteiger partial charge in [-0.05, 0) is 40.0 Å². The summed E-state index contributed by atoms with van der Waals surface area (Å²) < 4.78 is 0. The smallest absolute Gasteiger partial charge is 0.126 e. The first-order valence-corrected chi connectivity index (χ1v) is 6.50. The van der Waals surface area contributed by atoms with Crippen LogP contribution >= 0.6 is 11.6 Å². The first kappa shape index (κ1) is 15.2. The minimum absolute atomic E-state index is 0.566. The Morgan fingerprint density at radius 3 is 2.67 bits per heavy atom. The summed E-state index contributed by atoms with van der Waals surface area (Å²) in [7, 11) is 1.94. The highest BCUT2D eigenvalue weighted by atomic mass is 35.5. The number of nitrogens with one attached hydrogen (secondary N) is 1. The van der Waals surface area contributed by atoms with Crippen LogP contribution in [-0.4, -0.2) is 40.7 Å². The van der Waals surface area contributed by atoms with E-state index >= 15 is 0 Å². The Balaban J connectivity index is 2.73. The standard InChI is InChI=1S/C13H22ClN3O/c1-5-15-12-7-6-10(14)11(16-12)8-17(4)9-13(2,3)18/h6-7,18H,5,8-9H2,1-4H3,(H,15,16). The number of aliphatic hydroxyl groups is 1. The molecule has 0 radical (unpaired) electrons. The second-order valence-corrected chi connectivity index (χ2v) is 5.55. The number of halogens is 1. The lowest BCUT2D eigenvalue weighted by atomic mass is 10.1. The van der Waals surface area contributed by atoms with E-state index in [9.17, 15) is 5.11 Å². The van der Waals surface area contributed by atoms with Crippen molar-refractivity contribution in [2.75, 3.05) is 25.5 Å². The van der Waals surface area contributed by atoms with Crippen LogP contribution in [0, 0.1) is 0 Å². The fraction of sp³-hybridized carbons (Fsp3) is 0.615. The van der Waals surface area contributed by atoms with E-state index in [0.717, 1.165) is 18.1 Å². The molecule has 0 saturated carbocycles. The van der Waals surface area contributed by atoms with Crippen LogP contribution in [0.15, 0.2) is 12.1 Å². The van der Waals surface area contributed by atoms with Crippen molar-refractivity contribution < 1.29 is 5.11 Å². The SMILES string of the molecule is CCNc1ccc(Cl)c(CN(C)CC(C)(C)O)n1.